The minimum Gasteiger partial charge on any atom is -0.331 e. The Kier molecular flexibility index (Phi) is 9.92. The van der Waals surface area contributed by atoms with Crippen LogP contribution < -0.4 is 16.0 Å². The van der Waals surface area contributed by atoms with Crippen LogP contribution in [0.15, 0.2) is 78.9 Å². The van der Waals surface area contributed by atoms with Gasteiger partial charge < -0.3 is 11.1 Å². The third kappa shape index (κ3) is 7.19. The van der Waals surface area contributed by atoms with Crippen molar-refractivity contribution >= 4 is 11.7 Å². The summed E-state index contributed by atoms with van der Waals surface area (Å²) in [5.74, 6) is 0.322. The average Bonchev–Trinajstić information content (AvgIpc) is 2.91. The molecule has 0 radical (unpaired) electrons. The molecule has 0 aliphatic carbocycles. The van der Waals surface area contributed by atoms with Crippen molar-refractivity contribution in [2.75, 3.05) is 11.4 Å². The lowest BCUT2D eigenvalue weighted by Gasteiger charge is -2.30. The summed E-state index contributed by atoms with van der Waals surface area (Å²) in [5, 5.41) is 3.24. The molecule has 0 aliphatic heterocycles. The molecule has 3 rings (SSSR count). The minimum absolute atomic E-state index is 0.0491. The second kappa shape index (κ2) is 13.1. The van der Waals surface area contributed by atoms with E-state index in [0.717, 1.165) is 42.5 Å². The van der Waals surface area contributed by atoms with E-state index in [1.54, 1.807) is 4.90 Å². The first kappa shape index (κ1) is 26.5. The number of amides is 2. The molecule has 3 N–H and O–H groups in total. The molecule has 35 heavy (non-hydrogen) atoms. The summed E-state index contributed by atoms with van der Waals surface area (Å²) in [7, 11) is 0. The molecule has 0 aromatic heterocycles. The molecule has 3 aromatic rings. The number of nitrogens with one attached hydrogen (secondary N) is 1. The number of benzene rings is 3. The fraction of sp³-hybridized carbons (Fsp3) is 0.387. The van der Waals surface area contributed by atoms with E-state index in [-0.39, 0.29) is 18.1 Å². The predicted octanol–water partition coefficient (Wildman–Crippen LogP) is 7.35. The van der Waals surface area contributed by atoms with Crippen molar-refractivity contribution in [3.05, 3.63) is 90.0 Å². The van der Waals surface area contributed by atoms with Gasteiger partial charge >= 0.3 is 6.03 Å². The van der Waals surface area contributed by atoms with Crippen molar-refractivity contribution < 1.29 is 4.79 Å². The van der Waals surface area contributed by atoms with Gasteiger partial charge in [0.05, 0.1) is 6.04 Å². The second-order valence-electron chi connectivity index (χ2n) is 9.47. The maximum Gasteiger partial charge on any atom is 0.322 e. The Morgan fingerprint density at radius 2 is 1.46 bits per heavy atom. The molecule has 3 atom stereocenters. The van der Waals surface area contributed by atoms with E-state index in [2.05, 4.69) is 81.5 Å². The Bertz CT molecular complexity index is 1030. The lowest BCUT2D eigenvalue weighted by atomic mass is 9.99. The molecular formula is C31H41N3O. The van der Waals surface area contributed by atoms with Gasteiger partial charge in [0.15, 0.2) is 0 Å². The highest BCUT2D eigenvalue weighted by Gasteiger charge is 2.24. The van der Waals surface area contributed by atoms with E-state index < -0.39 is 0 Å². The number of nitrogens with zero attached hydrogens (tertiary/aromatic N) is 1. The van der Waals surface area contributed by atoms with Gasteiger partial charge in [-0.3, -0.25) is 4.90 Å². The minimum atomic E-state index is -0.115. The maximum absolute atomic E-state index is 13.5. The number of hydrogen-bond acceptors (Lipinski definition) is 2. The summed E-state index contributed by atoms with van der Waals surface area (Å²) < 4.78 is 0. The number of aryl methyl sites for hydroxylation is 1. The zero-order chi connectivity index (χ0) is 25.2. The molecule has 186 valence electrons. The number of carbonyl (C=O) groups is 1. The lowest BCUT2D eigenvalue weighted by Crippen LogP contribution is -2.49. The summed E-state index contributed by atoms with van der Waals surface area (Å²) in [6.45, 7) is 9.04. The van der Waals surface area contributed by atoms with Crippen LogP contribution in [0.1, 0.15) is 64.1 Å². The molecule has 4 heteroatoms. The predicted molar refractivity (Wildman–Crippen MR) is 149 cm³/mol. The van der Waals surface area contributed by atoms with Crippen molar-refractivity contribution in [3.63, 3.8) is 0 Å². The van der Waals surface area contributed by atoms with Crippen molar-refractivity contribution in [2.45, 2.75) is 65.5 Å². The monoisotopic (exact) mass is 471 g/mol. The molecule has 0 spiro atoms. The fourth-order valence-corrected chi connectivity index (χ4v) is 4.32. The van der Waals surface area contributed by atoms with Crippen LogP contribution in [0.2, 0.25) is 0 Å². The van der Waals surface area contributed by atoms with Gasteiger partial charge in [-0.05, 0) is 53.1 Å². The van der Waals surface area contributed by atoms with Gasteiger partial charge in [0.25, 0.3) is 0 Å². The number of rotatable bonds is 11. The Balaban J connectivity index is 1.83. The van der Waals surface area contributed by atoms with E-state index in [1.165, 1.54) is 11.1 Å². The molecular weight excluding hydrogens is 430 g/mol. The van der Waals surface area contributed by atoms with Gasteiger partial charge in [-0.1, -0.05) is 107 Å². The molecule has 0 aliphatic rings. The van der Waals surface area contributed by atoms with Gasteiger partial charge in [-0.2, -0.15) is 0 Å². The number of carbonyl (C=O) groups excluding carboxylic acids is 1. The Labute approximate surface area is 211 Å². The van der Waals surface area contributed by atoms with E-state index in [0.29, 0.717) is 12.5 Å². The molecule has 0 bridgehead atoms. The summed E-state index contributed by atoms with van der Waals surface area (Å²) in [4.78, 5) is 15.3. The van der Waals surface area contributed by atoms with Crippen molar-refractivity contribution in [1.29, 1.82) is 0 Å². The second-order valence-corrected chi connectivity index (χ2v) is 9.47. The van der Waals surface area contributed by atoms with Crippen LogP contribution in [0.3, 0.4) is 0 Å². The summed E-state index contributed by atoms with van der Waals surface area (Å²) >= 11 is 0. The van der Waals surface area contributed by atoms with Crippen LogP contribution in [0, 0.1) is 5.92 Å². The first-order valence-corrected chi connectivity index (χ1v) is 13.0. The topological polar surface area (TPSA) is 58.4 Å². The Morgan fingerprint density at radius 1 is 0.857 bits per heavy atom. The van der Waals surface area contributed by atoms with Crippen LogP contribution in [-0.4, -0.2) is 18.6 Å². The maximum atomic E-state index is 13.5. The number of nitrogens with two attached hydrogens (primary N) is 1. The SMILES string of the molecule is CCCc1ccc(-c2ccc(N(CC(N)C(C)CC)C(=O)NC(CC)c3ccccc3)cc2)cc1. The first-order valence-electron chi connectivity index (χ1n) is 13.0. The van der Waals surface area contributed by atoms with E-state index in [4.69, 9.17) is 5.73 Å². The van der Waals surface area contributed by atoms with Crippen LogP contribution in [0.5, 0.6) is 0 Å². The quantitative estimate of drug-likeness (QED) is 0.307. The van der Waals surface area contributed by atoms with Crippen LogP contribution >= 0.6 is 0 Å². The summed E-state index contributed by atoms with van der Waals surface area (Å²) in [6.07, 6.45) is 4.04. The highest BCUT2D eigenvalue weighted by molar-refractivity contribution is 5.92. The molecule has 2 amide bonds. The van der Waals surface area contributed by atoms with Crippen LogP contribution in [-0.2, 0) is 6.42 Å². The smallest absolute Gasteiger partial charge is 0.322 e. The van der Waals surface area contributed by atoms with E-state index in [1.807, 2.05) is 30.3 Å². The zero-order valence-electron chi connectivity index (χ0n) is 21.7. The highest BCUT2D eigenvalue weighted by Crippen LogP contribution is 2.26. The van der Waals surface area contributed by atoms with Gasteiger partial charge in [-0.25, -0.2) is 4.79 Å². The Morgan fingerprint density at radius 3 is 2.00 bits per heavy atom. The average molecular weight is 472 g/mol. The molecule has 0 heterocycles. The van der Waals surface area contributed by atoms with Crippen LogP contribution in [0.4, 0.5) is 10.5 Å². The van der Waals surface area contributed by atoms with Crippen molar-refractivity contribution in [3.8, 4) is 11.1 Å². The van der Waals surface area contributed by atoms with Crippen molar-refractivity contribution in [1.82, 2.24) is 5.32 Å². The number of urea groups is 1. The van der Waals surface area contributed by atoms with Gasteiger partial charge in [0.2, 0.25) is 0 Å². The Hall–Kier alpha value is -3.11. The molecule has 3 aromatic carbocycles. The highest BCUT2D eigenvalue weighted by atomic mass is 16.2. The molecule has 0 fully saturated rings. The summed E-state index contributed by atoms with van der Waals surface area (Å²) in [5.41, 5.74) is 12.2. The normalized spacial score (nSPS) is 13.6. The largest absolute Gasteiger partial charge is 0.331 e. The van der Waals surface area contributed by atoms with Gasteiger partial charge in [0.1, 0.15) is 0 Å². The third-order valence-electron chi connectivity index (χ3n) is 6.93. The van der Waals surface area contributed by atoms with Gasteiger partial charge in [-0.15, -0.1) is 0 Å². The third-order valence-corrected chi connectivity index (χ3v) is 6.93. The van der Waals surface area contributed by atoms with E-state index >= 15 is 0 Å². The zero-order valence-corrected chi connectivity index (χ0v) is 21.7. The fourth-order valence-electron chi connectivity index (χ4n) is 4.32. The van der Waals surface area contributed by atoms with Crippen LogP contribution in [0.25, 0.3) is 11.1 Å². The molecule has 0 saturated carbocycles. The van der Waals surface area contributed by atoms with Crippen molar-refractivity contribution in [2.24, 2.45) is 11.7 Å². The summed E-state index contributed by atoms with van der Waals surface area (Å²) in [6, 6.07) is 26.9. The first-order chi connectivity index (χ1) is 17.0. The molecule has 3 unspecified atom stereocenters. The molecule has 0 saturated heterocycles. The standard InChI is InChI=1S/C31H41N3O/c1-5-11-24-14-16-25(17-15-24)26-18-20-28(21-19-26)34(22-29(32)23(4)6-2)31(35)33-30(7-3)27-12-9-8-10-13-27/h8-10,12-21,23,29-30H,5-7,11,22,32H2,1-4H3,(H,33,35). The lowest BCUT2D eigenvalue weighted by molar-refractivity contribution is 0.241. The number of hydrogen-bond donors (Lipinski definition) is 2. The van der Waals surface area contributed by atoms with Gasteiger partial charge in [0, 0.05) is 18.3 Å². The van der Waals surface area contributed by atoms with E-state index in [9.17, 15) is 4.79 Å². The molecule has 4 nitrogen and oxygen atoms in total. The number of anilines is 1.